The molecule has 5 rings (SSSR count). The molecule has 0 spiro atoms. The third-order valence-corrected chi connectivity index (χ3v) is 6.53. The number of hydrogen-bond donors (Lipinski definition) is 0. The zero-order valence-corrected chi connectivity index (χ0v) is 19.4. The first-order valence-electron chi connectivity index (χ1n) is 9.83. The molecule has 0 saturated carbocycles. The SMILES string of the molecule is Cc1cccc(-c2nc(CSc3nccn4nc(-c5ccc(Br)cc5)cc34)c(C)o2)c1. The van der Waals surface area contributed by atoms with Crippen LogP contribution < -0.4 is 0 Å². The summed E-state index contributed by atoms with van der Waals surface area (Å²) in [5, 5.41) is 5.63. The largest absolute Gasteiger partial charge is 0.441 e. The van der Waals surface area contributed by atoms with Crippen molar-refractivity contribution in [2.45, 2.75) is 24.6 Å². The average Bonchev–Trinajstić information content (AvgIpc) is 3.37. The van der Waals surface area contributed by atoms with Gasteiger partial charge in [0.05, 0.1) is 16.9 Å². The molecule has 31 heavy (non-hydrogen) atoms. The number of aryl methyl sites for hydroxylation is 2. The number of rotatable bonds is 5. The van der Waals surface area contributed by atoms with Crippen LogP contribution >= 0.6 is 27.7 Å². The van der Waals surface area contributed by atoms with Crippen molar-refractivity contribution in [3.05, 3.63) is 88.5 Å². The third-order valence-electron chi connectivity index (χ3n) is 5.00. The highest BCUT2D eigenvalue weighted by Crippen LogP contribution is 2.31. The molecule has 5 nitrogen and oxygen atoms in total. The number of nitrogens with zero attached hydrogens (tertiary/aromatic N) is 4. The first kappa shape index (κ1) is 20.0. The van der Waals surface area contributed by atoms with E-state index in [1.165, 1.54) is 5.56 Å². The number of thioether (sulfide) groups is 1. The molecule has 3 heterocycles. The highest BCUT2D eigenvalue weighted by atomic mass is 79.9. The number of benzene rings is 2. The molecule has 2 aromatic carbocycles. The predicted molar refractivity (Wildman–Crippen MR) is 127 cm³/mol. The average molecular weight is 491 g/mol. The minimum Gasteiger partial charge on any atom is -0.441 e. The van der Waals surface area contributed by atoms with Gasteiger partial charge in [-0.3, -0.25) is 0 Å². The molecule has 0 saturated heterocycles. The second-order valence-electron chi connectivity index (χ2n) is 7.28. The fourth-order valence-electron chi connectivity index (χ4n) is 3.37. The van der Waals surface area contributed by atoms with E-state index in [-0.39, 0.29) is 0 Å². The Kier molecular flexibility index (Phi) is 5.38. The van der Waals surface area contributed by atoms with E-state index in [1.807, 2.05) is 41.9 Å². The molecule has 0 amide bonds. The van der Waals surface area contributed by atoms with Crippen molar-refractivity contribution >= 4 is 33.2 Å². The maximum absolute atomic E-state index is 5.94. The van der Waals surface area contributed by atoms with E-state index in [0.717, 1.165) is 43.3 Å². The van der Waals surface area contributed by atoms with Crippen molar-refractivity contribution in [3.63, 3.8) is 0 Å². The molecule has 5 aromatic rings. The summed E-state index contributed by atoms with van der Waals surface area (Å²) in [6.45, 7) is 4.02. The van der Waals surface area contributed by atoms with Crippen LogP contribution in [-0.4, -0.2) is 19.6 Å². The van der Waals surface area contributed by atoms with Gasteiger partial charge in [0, 0.05) is 33.7 Å². The normalized spacial score (nSPS) is 11.3. The topological polar surface area (TPSA) is 56.2 Å². The highest BCUT2D eigenvalue weighted by molar-refractivity contribution is 9.10. The Hall–Kier alpha value is -2.90. The Morgan fingerprint density at radius 1 is 1.03 bits per heavy atom. The van der Waals surface area contributed by atoms with Crippen molar-refractivity contribution in [1.29, 1.82) is 0 Å². The molecular formula is C24H19BrN4OS. The van der Waals surface area contributed by atoms with Crippen LogP contribution in [0.15, 0.2) is 80.9 Å². The number of aromatic nitrogens is 4. The molecule has 0 N–H and O–H groups in total. The zero-order valence-electron chi connectivity index (χ0n) is 17.0. The van der Waals surface area contributed by atoms with Gasteiger partial charge in [0.15, 0.2) is 0 Å². The molecule has 7 heteroatoms. The van der Waals surface area contributed by atoms with E-state index in [2.05, 4.69) is 58.2 Å². The molecule has 0 unspecified atom stereocenters. The minimum atomic E-state index is 0.657. The lowest BCUT2D eigenvalue weighted by atomic mass is 10.1. The van der Waals surface area contributed by atoms with Crippen LogP contribution in [0.2, 0.25) is 0 Å². The van der Waals surface area contributed by atoms with Crippen LogP contribution in [-0.2, 0) is 5.75 Å². The van der Waals surface area contributed by atoms with Gasteiger partial charge < -0.3 is 4.42 Å². The smallest absolute Gasteiger partial charge is 0.226 e. The lowest BCUT2D eigenvalue weighted by Gasteiger charge is -2.01. The van der Waals surface area contributed by atoms with Gasteiger partial charge in [0.2, 0.25) is 5.89 Å². The van der Waals surface area contributed by atoms with E-state index in [9.17, 15) is 0 Å². The summed E-state index contributed by atoms with van der Waals surface area (Å²) in [6.07, 6.45) is 3.65. The van der Waals surface area contributed by atoms with Gasteiger partial charge in [-0.15, -0.1) is 0 Å². The van der Waals surface area contributed by atoms with Gasteiger partial charge >= 0.3 is 0 Å². The second-order valence-corrected chi connectivity index (χ2v) is 9.16. The van der Waals surface area contributed by atoms with Gasteiger partial charge in [-0.1, -0.05) is 57.5 Å². The standard InChI is InChI=1S/C24H19BrN4OS/c1-15-4-3-5-18(12-15)23-27-21(16(2)30-23)14-31-24-22-13-20(28-29(22)11-10-26-24)17-6-8-19(25)9-7-17/h3-13H,14H2,1-2H3. The Morgan fingerprint density at radius 2 is 1.87 bits per heavy atom. The Morgan fingerprint density at radius 3 is 2.68 bits per heavy atom. The summed E-state index contributed by atoms with van der Waals surface area (Å²) in [4.78, 5) is 9.32. The molecule has 0 aliphatic rings. The summed E-state index contributed by atoms with van der Waals surface area (Å²) in [6, 6.07) is 18.4. The molecule has 0 bridgehead atoms. The van der Waals surface area contributed by atoms with Crippen molar-refractivity contribution < 1.29 is 4.42 Å². The maximum atomic E-state index is 5.94. The fourth-order valence-corrected chi connectivity index (χ4v) is 4.61. The summed E-state index contributed by atoms with van der Waals surface area (Å²) in [5.41, 5.74) is 6.07. The van der Waals surface area contributed by atoms with Gasteiger partial charge in [0.1, 0.15) is 10.8 Å². The summed E-state index contributed by atoms with van der Waals surface area (Å²) >= 11 is 5.12. The number of halogens is 1. The van der Waals surface area contributed by atoms with Crippen LogP contribution in [0.25, 0.3) is 28.2 Å². The first-order chi connectivity index (χ1) is 15.1. The highest BCUT2D eigenvalue weighted by Gasteiger charge is 2.14. The van der Waals surface area contributed by atoms with Gasteiger partial charge in [-0.05, 0) is 44.2 Å². The van der Waals surface area contributed by atoms with Crippen LogP contribution in [0.5, 0.6) is 0 Å². The third kappa shape index (κ3) is 4.16. The first-order valence-corrected chi connectivity index (χ1v) is 11.6. The van der Waals surface area contributed by atoms with E-state index in [0.29, 0.717) is 11.6 Å². The summed E-state index contributed by atoms with van der Waals surface area (Å²) in [5.74, 6) is 2.16. The predicted octanol–water partition coefficient (Wildman–Crippen LogP) is 6.72. The van der Waals surface area contributed by atoms with Crippen LogP contribution in [0.3, 0.4) is 0 Å². The lowest BCUT2D eigenvalue weighted by molar-refractivity contribution is 0.540. The van der Waals surface area contributed by atoms with Gasteiger partial charge in [-0.25, -0.2) is 14.5 Å². The lowest BCUT2D eigenvalue weighted by Crippen LogP contribution is -1.92. The van der Waals surface area contributed by atoms with Crippen LogP contribution in [0.1, 0.15) is 17.0 Å². The minimum absolute atomic E-state index is 0.657. The molecule has 3 aromatic heterocycles. The number of fused-ring (bicyclic) bond motifs is 1. The molecular weight excluding hydrogens is 472 g/mol. The van der Waals surface area contributed by atoms with E-state index < -0.39 is 0 Å². The van der Waals surface area contributed by atoms with E-state index >= 15 is 0 Å². The van der Waals surface area contributed by atoms with Crippen molar-refractivity contribution in [2.75, 3.05) is 0 Å². The monoisotopic (exact) mass is 490 g/mol. The Labute approximate surface area is 192 Å². The number of hydrogen-bond acceptors (Lipinski definition) is 5. The van der Waals surface area contributed by atoms with Crippen LogP contribution in [0.4, 0.5) is 0 Å². The molecule has 0 aliphatic carbocycles. The molecule has 0 aliphatic heterocycles. The molecule has 0 fully saturated rings. The second kappa shape index (κ2) is 8.32. The maximum Gasteiger partial charge on any atom is 0.226 e. The van der Waals surface area contributed by atoms with E-state index in [4.69, 9.17) is 14.5 Å². The molecule has 0 atom stereocenters. The van der Waals surface area contributed by atoms with Crippen LogP contribution in [0, 0.1) is 13.8 Å². The molecule has 154 valence electrons. The quantitative estimate of drug-likeness (QED) is 0.256. The fraction of sp³-hybridized carbons (Fsp3) is 0.125. The van der Waals surface area contributed by atoms with Crippen molar-refractivity contribution in [3.8, 4) is 22.7 Å². The Bertz CT molecular complexity index is 1370. The number of oxazole rings is 1. The zero-order chi connectivity index (χ0) is 21.4. The van der Waals surface area contributed by atoms with Crippen molar-refractivity contribution in [1.82, 2.24) is 19.6 Å². The summed E-state index contributed by atoms with van der Waals surface area (Å²) < 4.78 is 8.86. The van der Waals surface area contributed by atoms with Gasteiger partial charge in [-0.2, -0.15) is 5.10 Å². The van der Waals surface area contributed by atoms with Gasteiger partial charge in [0.25, 0.3) is 0 Å². The molecule has 0 radical (unpaired) electrons. The van der Waals surface area contributed by atoms with E-state index in [1.54, 1.807) is 18.0 Å². The summed E-state index contributed by atoms with van der Waals surface area (Å²) in [7, 11) is 0. The van der Waals surface area contributed by atoms with Crippen molar-refractivity contribution in [2.24, 2.45) is 0 Å². The Balaban J connectivity index is 1.41.